The zero-order valence-electron chi connectivity index (χ0n) is 12.5. The minimum absolute atomic E-state index is 0.468. The van der Waals surface area contributed by atoms with Gasteiger partial charge in [-0.3, -0.25) is 0 Å². The van der Waals surface area contributed by atoms with Crippen molar-refractivity contribution in [1.29, 1.82) is 0 Å². The van der Waals surface area contributed by atoms with Crippen LogP contribution in [0.5, 0.6) is 5.75 Å². The zero-order valence-corrected chi connectivity index (χ0v) is 12.5. The average molecular weight is 273 g/mol. The van der Waals surface area contributed by atoms with Crippen LogP contribution in [0.1, 0.15) is 43.6 Å². The van der Waals surface area contributed by atoms with Gasteiger partial charge < -0.3 is 14.5 Å². The molecular weight excluding hydrogens is 250 g/mol. The monoisotopic (exact) mass is 273 g/mol. The van der Waals surface area contributed by atoms with Gasteiger partial charge in [0, 0.05) is 12.1 Å². The summed E-state index contributed by atoms with van der Waals surface area (Å²) >= 11 is 0. The van der Waals surface area contributed by atoms with Crippen molar-refractivity contribution < 1.29 is 9.15 Å². The third kappa shape index (κ3) is 3.87. The topological polar surface area (TPSA) is 34.4 Å². The van der Waals surface area contributed by atoms with Gasteiger partial charge in [-0.2, -0.15) is 0 Å². The third-order valence-corrected chi connectivity index (χ3v) is 3.30. The highest BCUT2D eigenvalue weighted by Gasteiger charge is 2.07. The lowest BCUT2D eigenvalue weighted by Gasteiger charge is -2.10. The lowest BCUT2D eigenvalue weighted by molar-refractivity contribution is 0.268. The maximum Gasteiger partial charge on any atom is 0.146 e. The van der Waals surface area contributed by atoms with Gasteiger partial charge in [-0.05, 0) is 36.2 Å². The Labute approximate surface area is 121 Å². The van der Waals surface area contributed by atoms with Gasteiger partial charge in [0.05, 0.1) is 6.26 Å². The van der Waals surface area contributed by atoms with Crippen LogP contribution in [0.25, 0.3) is 0 Å². The first kappa shape index (κ1) is 14.7. The summed E-state index contributed by atoms with van der Waals surface area (Å²) in [5, 5.41) is 3.30. The van der Waals surface area contributed by atoms with Gasteiger partial charge in [0.2, 0.25) is 0 Å². The molecule has 0 saturated carbocycles. The van der Waals surface area contributed by atoms with E-state index in [2.05, 4.69) is 38.2 Å². The van der Waals surface area contributed by atoms with Crippen LogP contribution in [0.15, 0.2) is 41.0 Å². The van der Waals surface area contributed by atoms with Crippen molar-refractivity contribution in [3.63, 3.8) is 0 Å². The van der Waals surface area contributed by atoms with Crippen LogP contribution in [-0.2, 0) is 13.2 Å². The highest BCUT2D eigenvalue weighted by atomic mass is 16.5. The predicted molar refractivity (Wildman–Crippen MR) is 81.0 cm³/mol. The van der Waals surface area contributed by atoms with E-state index in [0.29, 0.717) is 12.5 Å². The molecule has 1 aromatic heterocycles. The quantitative estimate of drug-likeness (QED) is 0.825. The Morgan fingerprint density at radius 1 is 1.25 bits per heavy atom. The average Bonchev–Trinajstić information content (AvgIpc) is 2.90. The largest absolute Gasteiger partial charge is 0.486 e. The van der Waals surface area contributed by atoms with Gasteiger partial charge in [0.25, 0.3) is 0 Å². The van der Waals surface area contributed by atoms with Crippen LogP contribution in [0.2, 0.25) is 0 Å². The molecular formula is C17H23NO2. The molecule has 0 bridgehead atoms. The van der Waals surface area contributed by atoms with Gasteiger partial charge in [0.15, 0.2) is 0 Å². The molecule has 20 heavy (non-hydrogen) atoms. The van der Waals surface area contributed by atoms with Crippen LogP contribution in [0.3, 0.4) is 0 Å². The number of ether oxygens (including phenoxy) is 1. The first-order chi connectivity index (χ1) is 9.70. The minimum Gasteiger partial charge on any atom is -0.486 e. The summed E-state index contributed by atoms with van der Waals surface area (Å²) in [6, 6.07) is 10.2. The fraction of sp³-hybridized carbons (Fsp3) is 0.412. The molecule has 2 aromatic rings. The minimum atomic E-state index is 0.468. The summed E-state index contributed by atoms with van der Waals surface area (Å²) < 4.78 is 11.3. The van der Waals surface area contributed by atoms with Crippen LogP contribution in [0, 0.1) is 0 Å². The fourth-order valence-electron chi connectivity index (χ4n) is 2.02. The Balaban J connectivity index is 1.98. The van der Waals surface area contributed by atoms with E-state index >= 15 is 0 Å². The molecule has 0 aliphatic rings. The van der Waals surface area contributed by atoms with Crippen molar-refractivity contribution in [1.82, 2.24) is 5.32 Å². The van der Waals surface area contributed by atoms with Gasteiger partial charge >= 0.3 is 0 Å². The summed E-state index contributed by atoms with van der Waals surface area (Å²) in [5.41, 5.74) is 2.45. The van der Waals surface area contributed by atoms with Gasteiger partial charge in [-0.15, -0.1) is 0 Å². The normalized spacial score (nSPS) is 11.0. The number of furan rings is 1. The molecule has 0 aliphatic heterocycles. The molecule has 0 amide bonds. The summed E-state index contributed by atoms with van der Waals surface area (Å²) in [6.07, 6.45) is 1.72. The Hall–Kier alpha value is -1.74. The van der Waals surface area contributed by atoms with E-state index in [4.69, 9.17) is 9.15 Å². The number of benzene rings is 1. The molecule has 1 aromatic carbocycles. The molecule has 3 heteroatoms. The maximum atomic E-state index is 5.84. The molecule has 2 rings (SSSR count). The standard InChI is InChI=1S/C17H23NO2/c1-4-18-11-15-8-9-19-17(15)12-20-16-7-5-6-14(10-16)13(2)3/h5-10,13,18H,4,11-12H2,1-3H3. The molecule has 0 fully saturated rings. The molecule has 1 heterocycles. The zero-order chi connectivity index (χ0) is 14.4. The highest BCUT2D eigenvalue weighted by Crippen LogP contribution is 2.21. The first-order valence-electron chi connectivity index (χ1n) is 7.19. The number of rotatable bonds is 7. The van der Waals surface area contributed by atoms with Crippen molar-refractivity contribution in [2.75, 3.05) is 6.54 Å². The predicted octanol–water partition coefficient (Wildman–Crippen LogP) is 4.09. The van der Waals surface area contributed by atoms with E-state index in [9.17, 15) is 0 Å². The molecule has 0 saturated heterocycles. The van der Waals surface area contributed by atoms with Crippen molar-refractivity contribution in [3.05, 3.63) is 53.5 Å². The number of hydrogen-bond donors (Lipinski definition) is 1. The van der Waals surface area contributed by atoms with Crippen molar-refractivity contribution in [2.24, 2.45) is 0 Å². The molecule has 0 aliphatic carbocycles. The maximum absolute atomic E-state index is 5.84. The Kier molecular flexibility index (Phi) is 5.24. The van der Waals surface area contributed by atoms with Crippen LogP contribution < -0.4 is 10.1 Å². The molecule has 1 N–H and O–H groups in total. The number of nitrogens with one attached hydrogen (secondary N) is 1. The third-order valence-electron chi connectivity index (χ3n) is 3.30. The van der Waals surface area contributed by atoms with Gasteiger partial charge in [0.1, 0.15) is 18.1 Å². The van der Waals surface area contributed by atoms with Gasteiger partial charge in [-0.1, -0.05) is 32.9 Å². The fourth-order valence-corrected chi connectivity index (χ4v) is 2.02. The summed E-state index contributed by atoms with van der Waals surface area (Å²) in [4.78, 5) is 0. The smallest absolute Gasteiger partial charge is 0.146 e. The molecule has 0 unspecified atom stereocenters. The van der Waals surface area contributed by atoms with Crippen molar-refractivity contribution in [3.8, 4) is 5.75 Å². The van der Waals surface area contributed by atoms with Crippen LogP contribution >= 0.6 is 0 Å². The molecule has 0 radical (unpaired) electrons. The van der Waals surface area contributed by atoms with E-state index in [-0.39, 0.29) is 0 Å². The summed E-state index contributed by atoms with van der Waals surface area (Å²) in [5.74, 6) is 2.29. The summed E-state index contributed by atoms with van der Waals surface area (Å²) in [6.45, 7) is 8.68. The van der Waals surface area contributed by atoms with Gasteiger partial charge in [-0.25, -0.2) is 0 Å². The second-order valence-corrected chi connectivity index (χ2v) is 5.17. The Morgan fingerprint density at radius 3 is 2.85 bits per heavy atom. The van der Waals surface area contributed by atoms with Crippen LogP contribution in [-0.4, -0.2) is 6.54 Å². The lowest BCUT2D eigenvalue weighted by Crippen LogP contribution is -2.12. The van der Waals surface area contributed by atoms with Crippen molar-refractivity contribution >= 4 is 0 Å². The molecule has 0 atom stereocenters. The molecule has 108 valence electrons. The second kappa shape index (κ2) is 7.15. The first-order valence-corrected chi connectivity index (χ1v) is 7.19. The molecule has 3 nitrogen and oxygen atoms in total. The van der Waals surface area contributed by atoms with E-state index in [0.717, 1.165) is 30.2 Å². The molecule has 0 spiro atoms. The SMILES string of the molecule is CCNCc1ccoc1COc1cccc(C(C)C)c1. The summed E-state index contributed by atoms with van der Waals surface area (Å²) in [7, 11) is 0. The Morgan fingerprint density at radius 2 is 2.10 bits per heavy atom. The second-order valence-electron chi connectivity index (χ2n) is 5.17. The van der Waals surface area contributed by atoms with E-state index < -0.39 is 0 Å². The highest BCUT2D eigenvalue weighted by molar-refractivity contribution is 5.30. The van der Waals surface area contributed by atoms with Crippen molar-refractivity contribution in [2.45, 2.75) is 39.8 Å². The van der Waals surface area contributed by atoms with E-state index in [1.165, 1.54) is 5.56 Å². The van der Waals surface area contributed by atoms with E-state index in [1.807, 2.05) is 18.2 Å². The van der Waals surface area contributed by atoms with Crippen LogP contribution in [0.4, 0.5) is 0 Å². The Bertz CT molecular complexity index is 531. The lowest BCUT2D eigenvalue weighted by atomic mass is 10.0. The number of hydrogen-bond acceptors (Lipinski definition) is 3. The van der Waals surface area contributed by atoms with E-state index in [1.54, 1.807) is 6.26 Å².